The van der Waals surface area contributed by atoms with Crippen LogP contribution < -0.4 is 5.32 Å². The second kappa shape index (κ2) is 5.19. The van der Waals surface area contributed by atoms with E-state index in [9.17, 15) is 0 Å². The molecule has 0 radical (unpaired) electrons. The van der Waals surface area contributed by atoms with Crippen LogP contribution in [0, 0.1) is 6.92 Å². The van der Waals surface area contributed by atoms with Gasteiger partial charge in [0.15, 0.2) is 0 Å². The van der Waals surface area contributed by atoms with Crippen LogP contribution in [-0.2, 0) is 6.54 Å². The number of anilines is 1. The van der Waals surface area contributed by atoms with E-state index in [2.05, 4.69) is 45.9 Å². The third-order valence-corrected chi connectivity index (χ3v) is 3.59. The molecule has 1 atom stereocenters. The topological polar surface area (TPSA) is 29.9 Å². The second-order valence-corrected chi connectivity index (χ2v) is 5.01. The smallest absolute Gasteiger partial charge is 0.203 e. The quantitative estimate of drug-likeness (QED) is 0.818. The molecule has 3 nitrogen and oxygen atoms in total. The van der Waals surface area contributed by atoms with Gasteiger partial charge in [-0.05, 0) is 25.3 Å². The highest BCUT2D eigenvalue weighted by Crippen LogP contribution is 2.22. The Morgan fingerprint density at radius 3 is 3.12 bits per heavy atom. The van der Waals surface area contributed by atoms with Crippen LogP contribution in [-0.4, -0.2) is 9.55 Å². The third-order valence-electron chi connectivity index (χ3n) is 2.54. The molecule has 0 bridgehead atoms. The van der Waals surface area contributed by atoms with Crippen molar-refractivity contribution in [1.29, 1.82) is 0 Å². The van der Waals surface area contributed by atoms with Gasteiger partial charge in [0, 0.05) is 17.6 Å². The van der Waals surface area contributed by atoms with Gasteiger partial charge < -0.3 is 9.88 Å². The van der Waals surface area contributed by atoms with Crippen molar-refractivity contribution in [1.82, 2.24) is 9.55 Å². The molecular formula is C13H17N3S. The van der Waals surface area contributed by atoms with Gasteiger partial charge in [0.25, 0.3) is 0 Å². The fourth-order valence-electron chi connectivity index (χ4n) is 1.74. The summed E-state index contributed by atoms with van der Waals surface area (Å²) < 4.78 is 2.08. The molecule has 2 aromatic heterocycles. The van der Waals surface area contributed by atoms with Gasteiger partial charge in [-0.2, -0.15) is 0 Å². The lowest BCUT2D eigenvalue weighted by Crippen LogP contribution is -2.10. The molecule has 0 aromatic carbocycles. The fourth-order valence-corrected chi connectivity index (χ4v) is 2.48. The largest absolute Gasteiger partial charge is 0.348 e. The minimum atomic E-state index is 0.278. The van der Waals surface area contributed by atoms with E-state index in [0.29, 0.717) is 0 Å². The van der Waals surface area contributed by atoms with Crippen molar-refractivity contribution < 1.29 is 0 Å². The molecule has 0 saturated carbocycles. The Hall–Kier alpha value is -1.55. The number of aryl methyl sites for hydroxylation is 1. The summed E-state index contributed by atoms with van der Waals surface area (Å²) in [6, 6.07) is 4.48. The molecule has 1 unspecified atom stereocenters. The van der Waals surface area contributed by atoms with Crippen LogP contribution in [0.15, 0.2) is 36.4 Å². The first-order valence-electron chi connectivity index (χ1n) is 5.65. The maximum Gasteiger partial charge on any atom is 0.203 e. The van der Waals surface area contributed by atoms with E-state index in [4.69, 9.17) is 0 Å². The van der Waals surface area contributed by atoms with E-state index < -0.39 is 0 Å². The third kappa shape index (κ3) is 2.77. The van der Waals surface area contributed by atoms with Crippen LogP contribution in [0.5, 0.6) is 0 Å². The summed E-state index contributed by atoms with van der Waals surface area (Å²) in [7, 11) is 0. The summed E-state index contributed by atoms with van der Waals surface area (Å²) in [5.74, 6) is 0.906. The lowest BCUT2D eigenvalue weighted by Gasteiger charge is -2.13. The summed E-state index contributed by atoms with van der Waals surface area (Å²) in [6.45, 7) is 8.69. The number of nitrogens with zero attached hydrogens (tertiary/aromatic N) is 2. The van der Waals surface area contributed by atoms with Crippen LogP contribution in [0.4, 0.5) is 5.95 Å². The second-order valence-electron chi connectivity index (χ2n) is 4.03. The highest BCUT2D eigenvalue weighted by Gasteiger charge is 2.10. The lowest BCUT2D eigenvalue weighted by molar-refractivity contribution is 0.790. The molecule has 0 spiro atoms. The van der Waals surface area contributed by atoms with Gasteiger partial charge in [0.1, 0.15) is 0 Å². The number of imidazole rings is 1. The van der Waals surface area contributed by atoms with Crippen LogP contribution in [0.2, 0.25) is 0 Å². The number of allylic oxidation sites excluding steroid dienone is 1. The Balaban J connectivity index is 2.15. The minimum absolute atomic E-state index is 0.278. The van der Waals surface area contributed by atoms with Gasteiger partial charge in [-0.15, -0.1) is 17.9 Å². The van der Waals surface area contributed by atoms with Crippen LogP contribution in [0.1, 0.15) is 23.5 Å². The number of nitrogens with one attached hydrogen (secondary N) is 1. The number of hydrogen-bond acceptors (Lipinski definition) is 3. The maximum atomic E-state index is 4.49. The maximum absolute atomic E-state index is 4.49. The Morgan fingerprint density at radius 2 is 2.47 bits per heavy atom. The zero-order valence-corrected chi connectivity index (χ0v) is 11.0. The first-order chi connectivity index (χ1) is 8.20. The highest BCUT2D eigenvalue weighted by molar-refractivity contribution is 7.10. The van der Waals surface area contributed by atoms with Crippen molar-refractivity contribution in [2.24, 2.45) is 0 Å². The Kier molecular flexibility index (Phi) is 3.64. The number of rotatable bonds is 5. The molecule has 0 fully saturated rings. The van der Waals surface area contributed by atoms with E-state index in [1.165, 1.54) is 4.88 Å². The van der Waals surface area contributed by atoms with Gasteiger partial charge in [-0.1, -0.05) is 12.1 Å². The normalized spacial score (nSPS) is 12.4. The van der Waals surface area contributed by atoms with Crippen molar-refractivity contribution in [3.05, 3.63) is 46.9 Å². The molecular weight excluding hydrogens is 230 g/mol. The molecule has 90 valence electrons. The zero-order valence-electron chi connectivity index (χ0n) is 10.2. The van der Waals surface area contributed by atoms with Crippen molar-refractivity contribution >= 4 is 17.3 Å². The molecule has 4 heteroatoms. The average Bonchev–Trinajstić information content (AvgIpc) is 2.89. The predicted molar refractivity (Wildman–Crippen MR) is 73.5 cm³/mol. The Bertz CT molecular complexity index is 485. The number of hydrogen-bond donors (Lipinski definition) is 1. The van der Waals surface area contributed by atoms with Gasteiger partial charge in [-0.3, -0.25) is 0 Å². The summed E-state index contributed by atoms with van der Waals surface area (Å²) in [4.78, 5) is 5.80. The molecule has 2 rings (SSSR count). The van der Waals surface area contributed by atoms with E-state index >= 15 is 0 Å². The summed E-state index contributed by atoms with van der Waals surface area (Å²) in [5, 5.41) is 5.53. The monoisotopic (exact) mass is 247 g/mol. The molecule has 0 aliphatic rings. The Labute approximate surface area is 106 Å². The molecule has 0 amide bonds. The molecule has 17 heavy (non-hydrogen) atoms. The van der Waals surface area contributed by atoms with Crippen molar-refractivity contribution in [3.8, 4) is 0 Å². The lowest BCUT2D eigenvalue weighted by atomic mass is 10.3. The number of thiophene rings is 1. The predicted octanol–water partition coefficient (Wildman–Crippen LogP) is 3.61. The fraction of sp³-hybridized carbons (Fsp3) is 0.308. The molecule has 1 N–H and O–H groups in total. The van der Waals surface area contributed by atoms with Gasteiger partial charge in [0.2, 0.25) is 5.95 Å². The summed E-state index contributed by atoms with van der Waals surface area (Å²) in [6.07, 6.45) is 3.91. The van der Waals surface area contributed by atoms with Crippen molar-refractivity contribution in [2.75, 3.05) is 5.32 Å². The average molecular weight is 247 g/mol. The SMILES string of the molecule is C=CCn1cc(C)nc1NC(C)c1cccs1. The van der Waals surface area contributed by atoms with Crippen LogP contribution >= 0.6 is 11.3 Å². The number of aromatic nitrogens is 2. The van der Waals surface area contributed by atoms with Crippen molar-refractivity contribution in [2.45, 2.75) is 26.4 Å². The van der Waals surface area contributed by atoms with Crippen molar-refractivity contribution in [3.63, 3.8) is 0 Å². The zero-order chi connectivity index (χ0) is 12.3. The Morgan fingerprint density at radius 1 is 1.65 bits per heavy atom. The van der Waals surface area contributed by atoms with Gasteiger partial charge in [0.05, 0.1) is 11.7 Å². The summed E-state index contributed by atoms with van der Waals surface area (Å²) in [5.41, 5.74) is 1.02. The van der Waals surface area contributed by atoms with E-state index in [1.54, 1.807) is 11.3 Å². The molecule has 0 saturated heterocycles. The highest BCUT2D eigenvalue weighted by atomic mass is 32.1. The van der Waals surface area contributed by atoms with E-state index in [-0.39, 0.29) is 6.04 Å². The first kappa shape index (κ1) is 11.9. The van der Waals surface area contributed by atoms with Crippen LogP contribution in [0.25, 0.3) is 0 Å². The molecule has 2 heterocycles. The standard InChI is InChI=1S/C13H17N3S/c1-4-7-16-9-10(2)14-13(16)15-11(3)12-6-5-8-17-12/h4-6,8-9,11H,1,7H2,2-3H3,(H,14,15). The minimum Gasteiger partial charge on any atom is -0.348 e. The van der Waals surface area contributed by atoms with Crippen LogP contribution in [0.3, 0.4) is 0 Å². The van der Waals surface area contributed by atoms with E-state index in [1.807, 2.05) is 19.2 Å². The molecule has 2 aromatic rings. The molecule has 0 aliphatic heterocycles. The van der Waals surface area contributed by atoms with Gasteiger partial charge >= 0.3 is 0 Å². The summed E-state index contributed by atoms with van der Waals surface area (Å²) >= 11 is 1.76. The van der Waals surface area contributed by atoms with Gasteiger partial charge in [-0.25, -0.2) is 4.98 Å². The first-order valence-corrected chi connectivity index (χ1v) is 6.53. The molecule has 0 aliphatic carbocycles. The van der Waals surface area contributed by atoms with E-state index in [0.717, 1.165) is 18.2 Å².